The number of carbonyl (C=O) groups is 2. The highest BCUT2D eigenvalue weighted by Gasteiger charge is 2.44. The average molecular weight is 509 g/mol. The van der Waals surface area contributed by atoms with E-state index in [9.17, 15) is 9.59 Å². The maximum Gasteiger partial charge on any atom is 0.256 e. The molecule has 4 unspecified atom stereocenters. The van der Waals surface area contributed by atoms with Gasteiger partial charge in [0.15, 0.2) is 0 Å². The van der Waals surface area contributed by atoms with Crippen LogP contribution in [-0.4, -0.2) is 67.3 Å². The molecule has 2 fully saturated rings. The highest BCUT2D eigenvalue weighted by molar-refractivity contribution is 6.05. The largest absolute Gasteiger partial charge is 0.368 e. The van der Waals surface area contributed by atoms with Crippen LogP contribution in [0.2, 0.25) is 0 Å². The second-order valence-electron chi connectivity index (χ2n) is 11.9. The third-order valence-electron chi connectivity index (χ3n) is 9.37. The number of carbonyl (C=O) groups excluding carboxylic acids is 2. The molecule has 1 aromatic carbocycles. The first kappa shape index (κ1) is 26.4. The van der Waals surface area contributed by atoms with E-state index >= 15 is 0 Å². The summed E-state index contributed by atoms with van der Waals surface area (Å²) in [5.41, 5.74) is 3.07. The molecule has 5 rings (SSSR count). The molecule has 4 aliphatic rings. The first-order valence-electron chi connectivity index (χ1n) is 14.8. The van der Waals surface area contributed by atoms with E-state index in [0.29, 0.717) is 25.1 Å². The second-order valence-corrected chi connectivity index (χ2v) is 11.9. The second kappa shape index (κ2) is 11.3. The molecule has 4 heterocycles. The zero-order valence-corrected chi connectivity index (χ0v) is 23.2. The SMILES string of the molecule is CCCCCC[N+]12CCC=CC1CCC(c1ccc3c(c1)N(C(=O)C1CCCO1)C[C@H](C)N3C(C)=O)C2. The molecule has 0 aliphatic carbocycles. The molecule has 6 nitrogen and oxygen atoms in total. The zero-order valence-electron chi connectivity index (χ0n) is 23.2. The molecule has 6 heteroatoms. The Bertz CT molecular complexity index is 1020. The number of quaternary nitrogens is 1. The summed E-state index contributed by atoms with van der Waals surface area (Å²) >= 11 is 0. The van der Waals surface area contributed by atoms with Crippen molar-refractivity contribution in [3.63, 3.8) is 0 Å². The van der Waals surface area contributed by atoms with Crippen LogP contribution in [-0.2, 0) is 14.3 Å². The number of amides is 2. The first-order chi connectivity index (χ1) is 17.9. The summed E-state index contributed by atoms with van der Waals surface area (Å²) < 4.78 is 7.01. The first-order valence-corrected chi connectivity index (χ1v) is 14.8. The average Bonchev–Trinajstić information content (AvgIpc) is 3.44. The van der Waals surface area contributed by atoms with E-state index in [1.165, 1.54) is 74.6 Å². The molecule has 0 saturated carbocycles. The van der Waals surface area contributed by atoms with Crippen molar-refractivity contribution < 1.29 is 18.8 Å². The minimum absolute atomic E-state index is 0.0305. The van der Waals surface area contributed by atoms with E-state index in [4.69, 9.17) is 4.74 Å². The number of hydrogen-bond donors (Lipinski definition) is 0. The number of unbranched alkanes of at least 4 members (excludes halogenated alkanes) is 3. The lowest BCUT2D eigenvalue weighted by molar-refractivity contribution is -0.952. The Balaban J connectivity index is 1.44. The van der Waals surface area contributed by atoms with Gasteiger partial charge in [-0.2, -0.15) is 0 Å². The molecule has 202 valence electrons. The smallest absolute Gasteiger partial charge is 0.256 e. The van der Waals surface area contributed by atoms with Gasteiger partial charge in [-0.1, -0.05) is 31.9 Å². The monoisotopic (exact) mass is 508 g/mol. The van der Waals surface area contributed by atoms with Gasteiger partial charge < -0.3 is 19.0 Å². The molecule has 0 radical (unpaired) electrons. The topological polar surface area (TPSA) is 49.9 Å². The molecule has 1 aromatic rings. The third-order valence-corrected chi connectivity index (χ3v) is 9.37. The molecule has 0 spiro atoms. The molecule has 0 aromatic heterocycles. The minimum atomic E-state index is -0.361. The standard InChI is InChI=1S/C31H46N3O3/c1-4-5-6-8-17-34-18-9-7-11-27(34)15-13-26(22-34)25-14-16-28-29(20-25)32(21-23(2)33(28)24(3)35)31(36)30-12-10-19-37-30/h7,11,14,16,20,23,26-27,30H,4-6,8-10,12-13,15,17-19,21-22H2,1-3H3/q+1/t23-,26?,27?,30?,34?/m0/s1. The molecular formula is C31H46N3O3+. The Hall–Kier alpha value is -2.18. The number of rotatable bonds is 7. The van der Waals surface area contributed by atoms with Crippen molar-refractivity contribution in [2.75, 3.05) is 42.6 Å². The number of fused-ring (bicyclic) bond motifs is 2. The Morgan fingerprint density at radius 3 is 2.73 bits per heavy atom. The van der Waals surface area contributed by atoms with Gasteiger partial charge >= 0.3 is 0 Å². The van der Waals surface area contributed by atoms with Crippen molar-refractivity contribution in [2.45, 2.75) is 103 Å². The number of benzene rings is 1. The van der Waals surface area contributed by atoms with Crippen molar-refractivity contribution in [2.24, 2.45) is 0 Å². The Morgan fingerprint density at radius 2 is 1.97 bits per heavy atom. The van der Waals surface area contributed by atoms with E-state index in [1.54, 1.807) is 6.92 Å². The van der Waals surface area contributed by atoms with Gasteiger partial charge in [0.2, 0.25) is 5.91 Å². The fourth-order valence-electron chi connectivity index (χ4n) is 7.46. The molecule has 2 amide bonds. The lowest BCUT2D eigenvalue weighted by Gasteiger charge is -2.51. The van der Waals surface area contributed by atoms with Crippen LogP contribution in [0.1, 0.15) is 90.0 Å². The van der Waals surface area contributed by atoms with Crippen LogP contribution >= 0.6 is 0 Å². The van der Waals surface area contributed by atoms with E-state index in [0.717, 1.165) is 24.2 Å². The van der Waals surface area contributed by atoms with Gasteiger partial charge in [-0.3, -0.25) is 9.59 Å². The number of hydrogen-bond acceptors (Lipinski definition) is 3. The highest BCUT2D eigenvalue weighted by atomic mass is 16.5. The van der Waals surface area contributed by atoms with E-state index in [-0.39, 0.29) is 24.0 Å². The lowest BCUT2D eigenvalue weighted by Crippen LogP contribution is -2.61. The molecule has 0 N–H and O–H groups in total. The van der Waals surface area contributed by atoms with Gasteiger partial charge in [0.25, 0.3) is 5.91 Å². The normalized spacial score (nSPS) is 31.2. The third kappa shape index (κ3) is 5.24. The summed E-state index contributed by atoms with van der Waals surface area (Å²) in [7, 11) is 0. The number of anilines is 2. The minimum Gasteiger partial charge on any atom is -0.368 e. The fourth-order valence-corrected chi connectivity index (χ4v) is 7.46. The van der Waals surface area contributed by atoms with Crippen LogP contribution in [0.5, 0.6) is 0 Å². The molecule has 5 atom stereocenters. The van der Waals surface area contributed by atoms with Crippen LogP contribution in [0, 0.1) is 0 Å². The summed E-state index contributed by atoms with van der Waals surface area (Å²) in [5.74, 6) is 0.558. The predicted molar refractivity (Wildman–Crippen MR) is 149 cm³/mol. The van der Waals surface area contributed by atoms with Crippen LogP contribution in [0.25, 0.3) is 0 Å². The highest BCUT2D eigenvalue weighted by Crippen LogP contribution is 2.43. The van der Waals surface area contributed by atoms with Crippen molar-refractivity contribution in [3.8, 4) is 0 Å². The summed E-state index contributed by atoms with van der Waals surface area (Å²) in [6.07, 6.45) is 15.1. The van der Waals surface area contributed by atoms with Crippen LogP contribution < -0.4 is 9.80 Å². The quantitative estimate of drug-likeness (QED) is 0.275. The Morgan fingerprint density at radius 1 is 1.11 bits per heavy atom. The van der Waals surface area contributed by atoms with Gasteiger partial charge in [0.1, 0.15) is 12.1 Å². The van der Waals surface area contributed by atoms with E-state index in [1.807, 2.05) is 16.7 Å². The summed E-state index contributed by atoms with van der Waals surface area (Å²) in [4.78, 5) is 30.0. The lowest BCUT2D eigenvalue weighted by atomic mass is 9.82. The summed E-state index contributed by atoms with van der Waals surface area (Å²) in [5, 5.41) is 0. The van der Waals surface area contributed by atoms with Crippen molar-refractivity contribution in [1.29, 1.82) is 0 Å². The van der Waals surface area contributed by atoms with Crippen molar-refractivity contribution in [3.05, 3.63) is 35.9 Å². The molecule has 37 heavy (non-hydrogen) atoms. The summed E-state index contributed by atoms with van der Waals surface area (Å²) in [6, 6.07) is 7.16. The van der Waals surface area contributed by atoms with Crippen molar-refractivity contribution in [1.82, 2.24) is 0 Å². The van der Waals surface area contributed by atoms with Gasteiger partial charge in [-0.15, -0.1) is 0 Å². The molecule has 4 aliphatic heterocycles. The Labute approximate surface area is 223 Å². The number of nitrogens with zero attached hydrogens (tertiary/aromatic N) is 3. The van der Waals surface area contributed by atoms with Gasteiger partial charge in [0, 0.05) is 38.8 Å². The van der Waals surface area contributed by atoms with Gasteiger partial charge in [-0.05, 0) is 62.8 Å². The van der Waals surface area contributed by atoms with Gasteiger partial charge in [0.05, 0.1) is 37.1 Å². The number of piperidine rings is 1. The zero-order chi connectivity index (χ0) is 26.0. The Kier molecular flexibility index (Phi) is 8.06. The predicted octanol–water partition coefficient (Wildman–Crippen LogP) is 5.56. The maximum absolute atomic E-state index is 13.6. The van der Waals surface area contributed by atoms with Crippen molar-refractivity contribution >= 4 is 23.2 Å². The van der Waals surface area contributed by atoms with Crippen LogP contribution in [0.4, 0.5) is 11.4 Å². The van der Waals surface area contributed by atoms with Crippen LogP contribution in [0.3, 0.4) is 0 Å². The molecule has 2 saturated heterocycles. The molecule has 0 bridgehead atoms. The van der Waals surface area contributed by atoms with E-state index < -0.39 is 0 Å². The fraction of sp³-hybridized carbons (Fsp3) is 0.677. The van der Waals surface area contributed by atoms with E-state index in [2.05, 4.69) is 37.3 Å². The van der Waals surface area contributed by atoms with Gasteiger partial charge in [-0.25, -0.2) is 0 Å². The maximum atomic E-state index is 13.6. The summed E-state index contributed by atoms with van der Waals surface area (Å²) in [6.45, 7) is 10.8. The molecular weight excluding hydrogens is 462 g/mol. The number of ether oxygens (including phenoxy) is 1. The van der Waals surface area contributed by atoms with Crippen LogP contribution in [0.15, 0.2) is 30.4 Å².